The van der Waals surface area contributed by atoms with E-state index in [1.54, 1.807) is 0 Å². The number of carbonyl (C=O) groups is 1. The van der Waals surface area contributed by atoms with Crippen molar-refractivity contribution in [3.8, 4) is 0 Å². The van der Waals surface area contributed by atoms with Crippen LogP contribution < -0.4 is 5.30 Å². The molecular weight excluding hydrogens is 228 g/mol. The van der Waals surface area contributed by atoms with Crippen molar-refractivity contribution in [3.05, 3.63) is 35.2 Å². The van der Waals surface area contributed by atoms with Gasteiger partial charge < -0.3 is 5.11 Å². The summed E-state index contributed by atoms with van der Waals surface area (Å²) in [6.45, 7) is 3.18. The summed E-state index contributed by atoms with van der Waals surface area (Å²) in [5, 5.41) is 8.12. The van der Waals surface area contributed by atoms with Crippen molar-refractivity contribution < 1.29 is 23.1 Å². The Balaban J connectivity index is 3.74. The molecule has 0 bridgehead atoms. The maximum atomic E-state index is 13.3. The highest BCUT2D eigenvalue weighted by Gasteiger charge is 2.25. The minimum atomic E-state index is -1.86. The van der Waals surface area contributed by atoms with Crippen LogP contribution in [0.3, 0.4) is 0 Å². The standard InChI is InChI=1S/C9H6F3O2P/c1-2-3-5(10)6(11)4(9(13)14)7(12)8(3)15/h2H,1,15H2,(H,13,14). The molecule has 80 valence electrons. The Bertz CT molecular complexity index is 428. The highest BCUT2D eigenvalue weighted by molar-refractivity contribution is 7.27. The van der Waals surface area contributed by atoms with E-state index in [0.29, 0.717) is 0 Å². The van der Waals surface area contributed by atoms with Crippen LogP contribution in [0.5, 0.6) is 0 Å². The zero-order valence-electron chi connectivity index (χ0n) is 7.35. The number of aromatic carboxylic acids is 1. The number of halogens is 3. The summed E-state index contributed by atoms with van der Waals surface area (Å²) in [5.41, 5.74) is -1.71. The van der Waals surface area contributed by atoms with Crippen LogP contribution in [0.1, 0.15) is 15.9 Å². The monoisotopic (exact) mass is 234 g/mol. The van der Waals surface area contributed by atoms with Gasteiger partial charge in [0.25, 0.3) is 0 Å². The number of carboxylic acids is 1. The van der Waals surface area contributed by atoms with Crippen LogP contribution >= 0.6 is 9.24 Å². The van der Waals surface area contributed by atoms with Crippen LogP contribution in [0.4, 0.5) is 13.2 Å². The fourth-order valence-electron chi connectivity index (χ4n) is 1.08. The Morgan fingerprint density at radius 2 is 1.80 bits per heavy atom. The minimum Gasteiger partial charge on any atom is -0.477 e. The first-order valence-corrected chi connectivity index (χ1v) is 4.31. The third-order valence-corrected chi connectivity index (χ3v) is 2.38. The van der Waals surface area contributed by atoms with E-state index < -0.39 is 34.5 Å². The number of carboxylic acid groups (broad SMARTS) is 1. The maximum Gasteiger partial charge on any atom is 0.341 e. The molecule has 1 rings (SSSR count). The molecule has 1 aromatic rings. The summed E-state index contributed by atoms with van der Waals surface area (Å²) in [6.07, 6.45) is 0.912. The van der Waals surface area contributed by atoms with Crippen LogP contribution in [0.25, 0.3) is 6.08 Å². The van der Waals surface area contributed by atoms with Crippen molar-refractivity contribution >= 4 is 26.6 Å². The first kappa shape index (κ1) is 11.7. The van der Waals surface area contributed by atoms with Crippen molar-refractivity contribution in [2.45, 2.75) is 0 Å². The quantitative estimate of drug-likeness (QED) is 0.627. The predicted octanol–water partition coefficient (Wildman–Crippen LogP) is 1.95. The molecule has 0 spiro atoms. The van der Waals surface area contributed by atoms with Crippen molar-refractivity contribution in [2.75, 3.05) is 0 Å². The molecular formula is C9H6F3O2P. The third-order valence-electron chi connectivity index (χ3n) is 1.81. The molecule has 0 saturated heterocycles. The van der Waals surface area contributed by atoms with Gasteiger partial charge in [0.05, 0.1) is 0 Å². The van der Waals surface area contributed by atoms with Gasteiger partial charge in [0.15, 0.2) is 11.6 Å². The van der Waals surface area contributed by atoms with Gasteiger partial charge in [0.2, 0.25) is 0 Å². The molecule has 0 saturated carbocycles. The van der Waals surface area contributed by atoms with Crippen molar-refractivity contribution in [1.82, 2.24) is 0 Å². The van der Waals surface area contributed by atoms with E-state index in [1.807, 2.05) is 9.24 Å². The molecule has 0 aliphatic heterocycles. The molecule has 2 nitrogen and oxygen atoms in total. The lowest BCUT2D eigenvalue weighted by atomic mass is 10.1. The second-order valence-corrected chi connectivity index (χ2v) is 3.23. The van der Waals surface area contributed by atoms with Gasteiger partial charge in [-0.15, -0.1) is 9.24 Å². The summed E-state index contributed by atoms with van der Waals surface area (Å²) in [5.74, 6) is -6.32. The predicted molar refractivity (Wildman–Crippen MR) is 52.7 cm³/mol. The van der Waals surface area contributed by atoms with Crippen molar-refractivity contribution in [3.63, 3.8) is 0 Å². The summed E-state index contributed by atoms with van der Waals surface area (Å²) in [4.78, 5) is 10.5. The zero-order chi connectivity index (χ0) is 11.7. The van der Waals surface area contributed by atoms with Crippen LogP contribution in [-0.2, 0) is 0 Å². The molecule has 1 N–H and O–H groups in total. The third kappa shape index (κ3) is 1.75. The Hall–Kier alpha value is -1.35. The molecule has 0 fully saturated rings. The van der Waals surface area contributed by atoms with E-state index in [-0.39, 0.29) is 5.30 Å². The van der Waals surface area contributed by atoms with Gasteiger partial charge in [-0.1, -0.05) is 12.7 Å². The Kier molecular flexibility index (Phi) is 3.15. The van der Waals surface area contributed by atoms with E-state index in [0.717, 1.165) is 6.08 Å². The van der Waals surface area contributed by atoms with Gasteiger partial charge in [0.1, 0.15) is 11.4 Å². The van der Waals surface area contributed by atoms with Gasteiger partial charge in [0, 0.05) is 10.9 Å². The molecule has 0 aromatic heterocycles. The second-order valence-electron chi connectivity index (χ2n) is 2.65. The first-order chi connectivity index (χ1) is 6.91. The van der Waals surface area contributed by atoms with Crippen LogP contribution in [0.2, 0.25) is 0 Å². The smallest absolute Gasteiger partial charge is 0.341 e. The lowest BCUT2D eigenvalue weighted by molar-refractivity contribution is 0.0685. The molecule has 0 aliphatic carbocycles. The Labute approximate surface area is 85.6 Å². The van der Waals surface area contributed by atoms with E-state index in [2.05, 4.69) is 6.58 Å². The molecule has 0 radical (unpaired) electrons. The largest absolute Gasteiger partial charge is 0.477 e. The van der Waals surface area contributed by atoms with E-state index in [4.69, 9.17) is 5.11 Å². The van der Waals surface area contributed by atoms with Crippen LogP contribution in [0.15, 0.2) is 6.58 Å². The fraction of sp³-hybridized carbons (Fsp3) is 0. The molecule has 0 amide bonds. The lowest BCUT2D eigenvalue weighted by Gasteiger charge is -2.08. The molecule has 0 aliphatic rings. The Morgan fingerprint density at radius 1 is 1.27 bits per heavy atom. The molecule has 1 unspecified atom stereocenters. The van der Waals surface area contributed by atoms with Gasteiger partial charge >= 0.3 is 5.97 Å². The average molecular weight is 234 g/mol. The van der Waals surface area contributed by atoms with E-state index in [9.17, 15) is 18.0 Å². The maximum absolute atomic E-state index is 13.3. The highest BCUT2D eigenvalue weighted by atomic mass is 31.0. The molecule has 0 heterocycles. The summed E-state index contributed by atoms with van der Waals surface area (Å²) in [6, 6.07) is 0. The van der Waals surface area contributed by atoms with Crippen molar-refractivity contribution in [2.24, 2.45) is 0 Å². The van der Waals surface area contributed by atoms with Gasteiger partial charge in [-0.25, -0.2) is 18.0 Å². The lowest BCUT2D eigenvalue weighted by Crippen LogP contribution is -2.17. The molecule has 1 aromatic carbocycles. The summed E-state index contributed by atoms with van der Waals surface area (Å²) < 4.78 is 39.5. The van der Waals surface area contributed by atoms with Crippen LogP contribution in [-0.4, -0.2) is 11.1 Å². The average Bonchev–Trinajstić information content (AvgIpc) is 2.16. The second kappa shape index (κ2) is 4.03. The number of rotatable bonds is 2. The first-order valence-electron chi connectivity index (χ1n) is 3.73. The highest BCUT2D eigenvalue weighted by Crippen LogP contribution is 2.21. The number of hydrogen-bond donors (Lipinski definition) is 1. The fourth-order valence-corrected chi connectivity index (χ4v) is 1.47. The Morgan fingerprint density at radius 3 is 2.20 bits per heavy atom. The number of hydrogen-bond acceptors (Lipinski definition) is 1. The summed E-state index contributed by atoms with van der Waals surface area (Å²) >= 11 is 0. The normalized spacial score (nSPS) is 10.1. The van der Waals surface area contributed by atoms with Crippen LogP contribution in [0, 0.1) is 17.5 Å². The molecule has 6 heteroatoms. The van der Waals surface area contributed by atoms with E-state index >= 15 is 0 Å². The zero-order valence-corrected chi connectivity index (χ0v) is 8.51. The topological polar surface area (TPSA) is 37.3 Å². The minimum absolute atomic E-state index is 0.360. The van der Waals surface area contributed by atoms with Crippen molar-refractivity contribution in [1.29, 1.82) is 0 Å². The molecule has 1 atom stereocenters. The number of benzene rings is 1. The van der Waals surface area contributed by atoms with E-state index in [1.165, 1.54) is 0 Å². The molecule has 15 heavy (non-hydrogen) atoms. The van der Waals surface area contributed by atoms with Gasteiger partial charge in [-0.05, 0) is 0 Å². The summed E-state index contributed by atoms with van der Waals surface area (Å²) in [7, 11) is 1.81. The van der Waals surface area contributed by atoms with Gasteiger partial charge in [-0.2, -0.15) is 0 Å². The van der Waals surface area contributed by atoms with Gasteiger partial charge in [-0.3, -0.25) is 0 Å². The SMILES string of the molecule is C=Cc1c(F)c(F)c(C(=O)O)c(F)c1P.